The Bertz CT molecular complexity index is 1820. The number of aliphatic hydroxyl groups is 1. The Morgan fingerprint density at radius 1 is 0.860 bits per heavy atom. The molecule has 3 atom stereocenters. The maximum Gasteiger partial charge on any atom is 0.251 e. The second-order valence-corrected chi connectivity index (χ2v) is 14.8. The summed E-state index contributed by atoms with van der Waals surface area (Å²) in [5, 5.41) is 20.5. The molecule has 0 saturated carbocycles. The van der Waals surface area contributed by atoms with E-state index in [4.69, 9.17) is 4.74 Å². The molecule has 4 rings (SSSR count). The van der Waals surface area contributed by atoms with E-state index in [0.717, 1.165) is 27.3 Å². The van der Waals surface area contributed by atoms with Crippen LogP contribution in [0, 0.1) is 5.92 Å². The van der Waals surface area contributed by atoms with E-state index in [1.165, 1.54) is 25.2 Å². The summed E-state index contributed by atoms with van der Waals surface area (Å²) >= 11 is 0. The predicted molar refractivity (Wildman–Crippen MR) is 196 cm³/mol. The molecule has 4 aromatic rings. The van der Waals surface area contributed by atoms with Crippen LogP contribution in [-0.2, 0) is 23.0 Å². The van der Waals surface area contributed by atoms with Crippen LogP contribution in [0.3, 0.4) is 0 Å². The van der Waals surface area contributed by atoms with Crippen LogP contribution < -0.4 is 25.0 Å². The van der Waals surface area contributed by atoms with Gasteiger partial charge in [0, 0.05) is 37.5 Å². The van der Waals surface area contributed by atoms with Gasteiger partial charge in [-0.3, -0.25) is 18.9 Å². The molecule has 0 aliphatic rings. The number of ether oxygens (including phenoxy) is 1. The lowest BCUT2D eigenvalue weighted by Gasteiger charge is -2.25. The van der Waals surface area contributed by atoms with Gasteiger partial charge in [0.2, 0.25) is 10.0 Å². The fourth-order valence-corrected chi connectivity index (χ4v) is 5.65. The van der Waals surface area contributed by atoms with Gasteiger partial charge in [-0.1, -0.05) is 74.5 Å². The summed E-state index contributed by atoms with van der Waals surface area (Å²) in [5.74, 6) is -0.00611. The van der Waals surface area contributed by atoms with Crippen molar-refractivity contribution in [2.75, 3.05) is 30.8 Å². The van der Waals surface area contributed by atoms with Crippen LogP contribution in [0.4, 0.5) is 5.69 Å². The Morgan fingerprint density at radius 2 is 1.48 bits per heavy atom. The number of amides is 2. The third-order valence-corrected chi connectivity index (χ3v) is 9.27. The van der Waals surface area contributed by atoms with Gasteiger partial charge in [0.05, 0.1) is 42.9 Å². The first kappa shape index (κ1) is 38.0. The molecule has 0 aliphatic heterocycles. The van der Waals surface area contributed by atoms with E-state index in [1.807, 2.05) is 73.7 Å². The molecule has 266 valence electrons. The van der Waals surface area contributed by atoms with Crippen molar-refractivity contribution >= 4 is 27.5 Å². The average Bonchev–Trinajstić information content (AvgIpc) is 3.10. The van der Waals surface area contributed by atoms with Crippen molar-refractivity contribution < 1.29 is 27.9 Å². The van der Waals surface area contributed by atoms with Gasteiger partial charge in [-0.2, -0.15) is 0 Å². The number of aromatic nitrogens is 1. The van der Waals surface area contributed by atoms with Crippen LogP contribution in [0.1, 0.15) is 64.2 Å². The highest BCUT2D eigenvalue weighted by Gasteiger charge is 2.25. The standard InChI is InChI=1S/C38H47N5O6S/c1-26(2)25-49-34-16-29(21-39-23-34)22-40-24-36(44)35(17-28-12-8-6-9-13-28)42-38(46)32-18-31(19-33(20-32)43(4)50(5,47)48)37(45)41-27(3)30-14-10-7-11-15-30/h6-16,18-21,23,26-27,35-36,40,44H,17,22,24-25H2,1-5H3,(H,41,45)(H,42,46)/t27-,35+,36-/m1/s1. The highest BCUT2D eigenvalue weighted by Crippen LogP contribution is 2.22. The molecular weight excluding hydrogens is 655 g/mol. The summed E-state index contributed by atoms with van der Waals surface area (Å²) in [5.41, 5.74) is 2.99. The van der Waals surface area contributed by atoms with Crippen LogP contribution in [0.5, 0.6) is 5.75 Å². The molecule has 0 saturated heterocycles. The van der Waals surface area contributed by atoms with Crippen molar-refractivity contribution in [2.24, 2.45) is 5.92 Å². The number of carbonyl (C=O) groups excluding carboxylic acids is 2. The second-order valence-electron chi connectivity index (χ2n) is 12.8. The first-order valence-electron chi connectivity index (χ1n) is 16.5. The van der Waals surface area contributed by atoms with Crippen molar-refractivity contribution in [3.05, 3.63) is 125 Å². The Balaban J connectivity index is 1.54. The van der Waals surface area contributed by atoms with Crippen molar-refractivity contribution in [3.8, 4) is 5.75 Å². The summed E-state index contributed by atoms with van der Waals surface area (Å²) in [6, 6.07) is 24.0. The zero-order valence-electron chi connectivity index (χ0n) is 29.2. The van der Waals surface area contributed by atoms with Crippen LogP contribution in [0.25, 0.3) is 0 Å². The normalized spacial score (nSPS) is 13.3. The molecule has 1 heterocycles. The molecule has 0 unspecified atom stereocenters. The molecule has 50 heavy (non-hydrogen) atoms. The Kier molecular flexibility index (Phi) is 13.5. The van der Waals surface area contributed by atoms with Gasteiger partial charge in [0.25, 0.3) is 11.8 Å². The Hall–Kier alpha value is -4.78. The number of hydrogen-bond donors (Lipinski definition) is 4. The number of carbonyl (C=O) groups is 2. The number of benzene rings is 3. The number of anilines is 1. The van der Waals surface area contributed by atoms with E-state index in [2.05, 4.69) is 34.8 Å². The number of aliphatic hydroxyl groups excluding tert-OH is 1. The van der Waals surface area contributed by atoms with Crippen LogP contribution >= 0.6 is 0 Å². The maximum absolute atomic E-state index is 13.9. The third-order valence-electron chi connectivity index (χ3n) is 8.07. The molecule has 4 N–H and O–H groups in total. The largest absolute Gasteiger partial charge is 0.492 e. The zero-order valence-corrected chi connectivity index (χ0v) is 30.0. The van der Waals surface area contributed by atoms with Gasteiger partial charge in [0.15, 0.2) is 0 Å². The topological polar surface area (TPSA) is 150 Å². The zero-order chi connectivity index (χ0) is 36.3. The molecule has 0 spiro atoms. The third kappa shape index (κ3) is 11.4. The molecule has 3 aromatic carbocycles. The van der Waals surface area contributed by atoms with E-state index >= 15 is 0 Å². The first-order chi connectivity index (χ1) is 23.8. The number of rotatable bonds is 17. The fourth-order valence-electron chi connectivity index (χ4n) is 5.16. The molecule has 12 heteroatoms. The van der Waals surface area contributed by atoms with Crippen molar-refractivity contribution in [1.82, 2.24) is 20.9 Å². The van der Waals surface area contributed by atoms with Gasteiger partial charge in [0.1, 0.15) is 5.75 Å². The van der Waals surface area contributed by atoms with E-state index in [1.54, 1.807) is 12.4 Å². The van der Waals surface area contributed by atoms with Gasteiger partial charge in [-0.15, -0.1) is 0 Å². The molecule has 0 fully saturated rings. The summed E-state index contributed by atoms with van der Waals surface area (Å²) in [6.45, 7) is 7.11. The molecule has 1 aromatic heterocycles. The summed E-state index contributed by atoms with van der Waals surface area (Å²) in [7, 11) is -2.36. The lowest BCUT2D eigenvalue weighted by molar-refractivity contribution is 0.0830. The van der Waals surface area contributed by atoms with Gasteiger partial charge < -0.3 is 25.8 Å². The molecule has 0 aliphatic carbocycles. The number of sulfonamides is 1. The SMILES string of the molecule is CC(C)COc1cncc(CNC[C@@H](O)[C@H](Cc2ccccc2)NC(=O)c2cc(C(=O)N[C@H](C)c3ccccc3)cc(N(C)S(C)(=O)=O)c2)c1. The van der Waals surface area contributed by atoms with Crippen molar-refractivity contribution in [1.29, 1.82) is 0 Å². The highest BCUT2D eigenvalue weighted by molar-refractivity contribution is 7.92. The molecule has 2 amide bonds. The van der Waals surface area contributed by atoms with Crippen LogP contribution in [0.15, 0.2) is 97.3 Å². The van der Waals surface area contributed by atoms with Gasteiger partial charge >= 0.3 is 0 Å². The van der Waals surface area contributed by atoms with Crippen molar-refractivity contribution in [3.63, 3.8) is 0 Å². The minimum absolute atomic E-state index is 0.0676. The summed E-state index contributed by atoms with van der Waals surface area (Å²) in [4.78, 5) is 31.6. The summed E-state index contributed by atoms with van der Waals surface area (Å²) in [6.07, 6.45) is 3.73. The minimum Gasteiger partial charge on any atom is -0.492 e. The number of nitrogens with one attached hydrogen (secondary N) is 3. The van der Waals surface area contributed by atoms with E-state index < -0.39 is 34.0 Å². The summed E-state index contributed by atoms with van der Waals surface area (Å²) < 4.78 is 31.8. The van der Waals surface area contributed by atoms with Crippen LogP contribution in [-0.4, -0.2) is 68.9 Å². The van der Waals surface area contributed by atoms with Crippen LogP contribution in [0.2, 0.25) is 0 Å². The quantitative estimate of drug-likeness (QED) is 0.126. The lowest BCUT2D eigenvalue weighted by atomic mass is 10.00. The first-order valence-corrected chi connectivity index (χ1v) is 18.4. The molecule has 11 nitrogen and oxygen atoms in total. The Labute approximate surface area is 295 Å². The Morgan fingerprint density at radius 3 is 2.10 bits per heavy atom. The number of nitrogens with zero attached hydrogens (tertiary/aromatic N) is 2. The highest BCUT2D eigenvalue weighted by atomic mass is 32.2. The smallest absolute Gasteiger partial charge is 0.251 e. The van der Waals surface area contributed by atoms with E-state index in [-0.39, 0.29) is 29.4 Å². The van der Waals surface area contributed by atoms with E-state index in [0.29, 0.717) is 31.2 Å². The molecule has 0 radical (unpaired) electrons. The van der Waals surface area contributed by atoms with Crippen molar-refractivity contribution in [2.45, 2.75) is 51.9 Å². The second kappa shape index (κ2) is 17.7. The maximum atomic E-state index is 13.9. The van der Waals surface area contributed by atoms with Gasteiger partial charge in [-0.05, 0) is 60.2 Å². The monoisotopic (exact) mass is 701 g/mol. The average molecular weight is 702 g/mol. The number of pyridine rings is 1. The van der Waals surface area contributed by atoms with E-state index in [9.17, 15) is 23.1 Å². The van der Waals surface area contributed by atoms with Gasteiger partial charge in [-0.25, -0.2) is 8.42 Å². The number of hydrogen-bond acceptors (Lipinski definition) is 8. The minimum atomic E-state index is -3.72. The fraction of sp³-hybridized carbons (Fsp3) is 0.342. The molecule has 0 bridgehead atoms. The lowest BCUT2D eigenvalue weighted by Crippen LogP contribution is -2.48. The molecular formula is C38H47N5O6S. The predicted octanol–water partition coefficient (Wildman–Crippen LogP) is 4.50.